The van der Waals surface area contributed by atoms with Gasteiger partial charge in [0.25, 0.3) is 0 Å². The van der Waals surface area contributed by atoms with Crippen LogP contribution in [-0.4, -0.2) is 39.5 Å². The van der Waals surface area contributed by atoms with Crippen LogP contribution in [0.5, 0.6) is 0 Å². The molecule has 0 fully saturated rings. The maximum Gasteiger partial charge on any atom is 0.0701 e. The van der Waals surface area contributed by atoms with Crippen molar-refractivity contribution in [2.75, 3.05) is 33.5 Å². The van der Waals surface area contributed by atoms with Crippen LogP contribution in [0, 0.1) is 6.92 Å². The molecule has 18 heavy (non-hydrogen) atoms. The Balaban J connectivity index is 2.38. The predicted molar refractivity (Wildman–Crippen MR) is 75.0 cm³/mol. The molecule has 0 saturated carbocycles. The van der Waals surface area contributed by atoms with E-state index in [0.29, 0.717) is 19.3 Å². The lowest BCUT2D eigenvalue weighted by Crippen LogP contribution is -2.35. The molecular weight excluding hydrogens is 226 g/mol. The van der Waals surface area contributed by atoms with E-state index in [2.05, 4.69) is 43.4 Å². The highest BCUT2D eigenvalue weighted by atomic mass is 16.5. The molecule has 1 atom stereocenters. The van der Waals surface area contributed by atoms with Crippen LogP contribution in [0.25, 0.3) is 0 Å². The summed E-state index contributed by atoms with van der Waals surface area (Å²) in [5.41, 5.74) is 2.65. The van der Waals surface area contributed by atoms with Crippen LogP contribution in [-0.2, 0) is 15.9 Å². The van der Waals surface area contributed by atoms with E-state index < -0.39 is 0 Å². The molecule has 0 radical (unpaired) electrons. The van der Waals surface area contributed by atoms with Gasteiger partial charge < -0.3 is 14.8 Å². The number of benzene rings is 1. The van der Waals surface area contributed by atoms with Crippen LogP contribution < -0.4 is 5.32 Å². The van der Waals surface area contributed by atoms with Crippen LogP contribution in [0.4, 0.5) is 0 Å². The van der Waals surface area contributed by atoms with Gasteiger partial charge in [0.1, 0.15) is 0 Å². The second kappa shape index (κ2) is 9.09. The number of hydrogen-bond acceptors (Lipinski definition) is 3. The van der Waals surface area contributed by atoms with Gasteiger partial charge in [-0.25, -0.2) is 0 Å². The van der Waals surface area contributed by atoms with Gasteiger partial charge in [0.2, 0.25) is 0 Å². The van der Waals surface area contributed by atoms with Crippen molar-refractivity contribution in [3.63, 3.8) is 0 Å². The number of aryl methyl sites for hydroxylation is 1. The van der Waals surface area contributed by atoms with E-state index in [4.69, 9.17) is 9.47 Å². The molecule has 1 aromatic rings. The second-order valence-corrected chi connectivity index (χ2v) is 4.51. The summed E-state index contributed by atoms with van der Waals surface area (Å²) in [7, 11) is 1.69. The highest BCUT2D eigenvalue weighted by molar-refractivity contribution is 5.22. The minimum absolute atomic E-state index is 0.370. The molecule has 1 rings (SSSR count). The fourth-order valence-corrected chi connectivity index (χ4v) is 1.86. The number of likely N-dealkylation sites (N-methyl/N-ethyl adjacent to an activating group) is 1. The van der Waals surface area contributed by atoms with Gasteiger partial charge in [-0.2, -0.15) is 0 Å². The molecule has 0 bridgehead atoms. The molecule has 1 aromatic carbocycles. The summed E-state index contributed by atoms with van der Waals surface area (Å²) in [6, 6.07) is 9.06. The minimum atomic E-state index is 0.370. The maximum atomic E-state index is 5.60. The van der Waals surface area contributed by atoms with Gasteiger partial charge in [-0.3, -0.25) is 0 Å². The Bertz CT molecular complexity index is 311. The Morgan fingerprint density at radius 1 is 1.17 bits per heavy atom. The number of rotatable bonds is 9. The van der Waals surface area contributed by atoms with Crippen molar-refractivity contribution in [2.24, 2.45) is 0 Å². The van der Waals surface area contributed by atoms with E-state index in [1.807, 2.05) is 0 Å². The Hall–Kier alpha value is -0.900. The lowest BCUT2D eigenvalue weighted by Gasteiger charge is -2.18. The van der Waals surface area contributed by atoms with Crippen LogP contribution in [0.2, 0.25) is 0 Å². The van der Waals surface area contributed by atoms with Crippen LogP contribution in [0.1, 0.15) is 18.1 Å². The van der Waals surface area contributed by atoms with Crippen molar-refractivity contribution in [1.82, 2.24) is 5.32 Å². The minimum Gasteiger partial charge on any atom is -0.382 e. The van der Waals surface area contributed by atoms with E-state index in [-0.39, 0.29) is 0 Å². The van der Waals surface area contributed by atoms with E-state index in [9.17, 15) is 0 Å². The molecule has 0 spiro atoms. The SMILES string of the molecule is CCNC(COCCOC)Cc1ccc(C)cc1. The van der Waals surface area contributed by atoms with Crippen molar-refractivity contribution < 1.29 is 9.47 Å². The van der Waals surface area contributed by atoms with Crippen molar-refractivity contribution in [3.05, 3.63) is 35.4 Å². The number of ether oxygens (including phenoxy) is 2. The van der Waals surface area contributed by atoms with Crippen LogP contribution in [0.3, 0.4) is 0 Å². The Kier molecular flexibility index (Phi) is 7.65. The molecule has 1 unspecified atom stereocenters. The van der Waals surface area contributed by atoms with E-state index >= 15 is 0 Å². The largest absolute Gasteiger partial charge is 0.382 e. The average molecular weight is 251 g/mol. The zero-order valence-electron chi connectivity index (χ0n) is 11.7. The molecule has 3 heteroatoms. The highest BCUT2D eigenvalue weighted by Crippen LogP contribution is 2.06. The average Bonchev–Trinajstić information content (AvgIpc) is 2.37. The predicted octanol–water partition coefficient (Wildman–Crippen LogP) is 2.18. The molecule has 0 aliphatic rings. The first kappa shape index (κ1) is 15.2. The second-order valence-electron chi connectivity index (χ2n) is 4.51. The molecule has 102 valence electrons. The van der Waals surface area contributed by atoms with Crippen molar-refractivity contribution >= 4 is 0 Å². The van der Waals surface area contributed by atoms with Gasteiger partial charge in [-0.1, -0.05) is 36.8 Å². The van der Waals surface area contributed by atoms with Gasteiger partial charge in [-0.05, 0) is 25.5 Å². The summed E-state index contributed by atoms with van der Waals surface area (Å²) in [6.45, 7) is 7.24. The normalized spacial score (nSPS) is 12.6. The zero-order chi connectivity index (χ0) is 13.2. The molecule has 3 nitrogen and oxygen atoms in total. The van der Waals surface area contributed by atoms with Crippen LogP contribution >= 0.6 is 0 Å². The third-order valence-electron chi connectivity index (χ3n) is 2.85. The Morgan fingerprint density at radius 3 is 2.50 bits per heavy atom. The third-order valence-corrected chi connectivity index (χ3v) is 2.85. The topological polar surface area (TPSA) is 30.5 Å². The standard InChI is InChI=1S/C15H25NO2/c1-4-16-15(12-18-10-9-17-3)11-14-7-5-13(2)6-8-14/h5-8,15-16H,4,9-12H2,1-3H3. The smallest absolute Gasteiger partial charge is 0.0701 e. The molecule has 0 heterocycles. The molecule has 0 aliphatic carbocycles. The van der Waals surface area contributed by atoms with Gasteiger partial charge in [-0.15, -0.1) is 0 Å². The summed E-state index contributed by atoms with van der Waals surface area (Å²) >= 11 is 0. The molecule has 0 aliphatic heterocycles. The van der Waals surface area contributed by atoms with Crippen molar-refractivity contribution in [3.8, 4) is 0 Å². The third kappa shape index (κ3) is 6.15. The van der Waals surface area contributed by atoms with Crippen LogP contribution in [0.15, 0.2) is 24.3 Å². The van der Waals surface area contributed by atoms with Crippen molar-refractivity contribution in [1.29, 1.82) is 0 Å². The maximum absolute atomic E-state index is 5.60. The fourth-order valence-electron chi connectivity index (χ4n) is 1.86. The number of nitrogens with one attached hydrogen (secondary N) is 1. The van der Waals surface area contributed by atoms with Gasteiger partial charge in [0.05, 0.1) is 19.8 Å². The first-order chi connectivity index (χ1) is 8.76. The quantitative estimate of drug-likeness (QED) is 0.682. The van der Waals surface area contributed by atoms with Crippen molar-refractivity contribution in [2.45, 2.75) is 26.3 Å². The van der Waals surface area contributed by atoms with Gasteiger partial charge in [0, 0.05) is 13.2 Å². The Labute approximate surface area is 110 Å². The van der Waals surface area contributed by atoms with Gasteiger partial charge in [0.15, 0.2) is 0 Å². The lowest BCUT2D eigenvalue weighted by molar-refractivity contribution is 0.0589. The van der Waals surface area contributed by atoms with E-state index in [0.717, 1.165) is 19.6 Å². The molecule has 0 saturated heterocycles. The number of hydrogen-bond donors (Lipinski definition) is 1. The van der Waals surface area contributed by atoms with E-state index in [1.165, 1.54) is 11.1 Å². The highest BCUT2D eigenvalue weighted by Gasteiger charge is 2.08. The van der Waals surface area contributed by atoms with Gasteiger partial charge >= 0.3 is 0 Å². The lowest BCUT2D eigenvalue weighted by atomic mass is 10.0. The summed E-state index contributed by atoms with van der Waals surface area (Å²) in [5, 5.41) is 3.46. The first-order valence-corrected chi connectivity index (χ1v) is 6.62. The molecule has 0 aromatic heterocycles. The summed E-state index contributed by atoms with van der Waals surface area (Å²) in [6.07, 6.45) is 1.00. The zero-order valence-corrected chi connectivity index (χ0v) is 11.7. The molecule has 1 N–H and O–H groups in total. The molecule has 0 amide bonds. The first-order valence-electron chi connectivity index (χ1n) is 6.62. The summed E-state index contributed by atoms with van der Waals surface area (Å²) in [4.78, 5) is 0. The fraction of sp³-hybridized carbons (Fsp3) is 0.600. The monoisotopic (exact) mass is 251 g/mol. The summed E-state index contributed by atoms with van der Waals surface area (Å²) < 4.78 is 10.6. The Morgan fingerprint density at radius 2 is 1.89 bits per heavy atom. The summed E-state index contributed by atoms with van der Waals surface area (Å²) in [5.74, 6) is 0. The molecular formula is C15H25NO2. The number of methoxy groups -OCH3 is 1. The van der Waals surface area contributed by atoms with E-state index in [1.54, 1.807) is 7.11 Å².